The molecule has 0 aromatic carbocycles. The number of hydrogen-bond acceptors (Lipinski definition) is 1. The van der Waals surface area contributed by atoms with Crippen molar-refractivity contribution in [3.8, 4) is 0 Å². The molecule has 0 fully saturated rings. The van der Waals surface area contributed by atoms with Gasteiger partial charge in [0.05, 0.1) is 27.7 Å². The third-order valence-corrected chi connectivity index (χ3v) is 0.771. The van der Waals surface area contributed by atoms with Gasteiger partial charge in [-0.2, -0.15) is 0 Å². The first-order chi connectivity index (χ1) is 4.06. The van der Waals surface area contributed by atoms with Gasteiger partial charge >= 0.3 is 0 Å². The number of rotatable bonds is 2. The average Bonchev–Trinajstić information content (AvgIpc) is 1.69. The Kier molecular flexibility index (Phi) is 14.8. The minimum atomic E-state index is 0. The minimum Gasteiger partial charge on any atom is -1.00 e. The second-order valence-electron chi connectivity index (χ2n) is 2.74. The zero-order chi connectivity index (χ0) is 7.91. The Labute approximate surface area is 70.2 Å². The van der Waals surface area contributed by atoms with Crippen molar-refractivity contribution in [2.75, 3.05) is 34.3 Å². The summed E-state index contributed by atoms with van der Waals surface area (Å²) in [5.74, 6) is 0. The molecule has 0 amide bonds. The quantitative estimate of drug-likeness (QED) is 0.356. The van der Waals surface area contributed by atoms with E-state index in [2.05, 4.69) is 34.3 Å². The van der Waals surface area contributed by atoms with E-state index in [0.717, 1.165) is 11.0 Å². The predicted molar refractivity (Wildman–Crippen MR) is 41.2 cm³/mol. The van der Waals surface area contributed by atoms with Crippen molar-refractivity contribution >= 4 is 0 Å². The lowest BCUT2D eigenvalue weighted by Crippen LogP contribution is -3.00. The van der Waals surface area contributed by atoms with Crippen LogP contribution in [0, 0.1) is 0 Å². The van der Waals surface area contributed by atoms with E-state index in [-0.39, 0.29) is 19.0 Å². The average molecular weight is 168 g/mol. The van der Waals surface area contributed by atoms with E-state index in [4.69, 9.17) is 5.11 Å². The monoisotopic (exact) mass is 167 g/mol. The summed E-state index contributed by atoms with van der Waals surface area (Å²) in [6.45, 7) is 7.11. The van der Waals surface area contributed by atoms with Gasteiger partial charge in [0.2, 0.25) is 0 Å². The van der Waals surface area contributed by atoms with Crippen LogP contribution < -0.4 is 12.4 Å². The summed E-state index contributed by atoms with van der Waals surface area (Å²) in [7, 11) is 6.16. The summed E-state index contributed by atoms with van der Waals surface area (Å²) in [5.41, 5.74) is 0. The van der Waals surface area contributed by atoms with Crippen molar-refractivity contribution in [2.24, 2.45) is 0 Å². The molecule has 0 aromatic rings. The molecule has 0 radical (unpaired) electrons. The first-order valence-electron chi connectivity index (χ1n) is 2.97. The third-order valence-electron chi connectivity index (χ3n) is 0.771. The molecule has 0 heterocycles. The van der Waals surface area contributed by atoms with Crippen LogP contribution in [0.5, 0.6) is 0 Å². The van der Waals surface area contributed by atoms with Gasteiger partial charge in [-0.15, -0.1) is 13.2 Å². The fraction of sp³-hybridized carbons (Fsp3) is 0.714. The second kappa shape index (κ2) is 8.95. The molecule has 0 saturated heterocycles. The molecule has 0 bridgehead atoms. The van der Waals surface area contributed by atoms with Gasteiger partial charge in [-0.25, -0.2) is 0 Å². The van der Waals surface area contributed by atoms with Crippen LogP contribution in [-0.2, 0) is 0 Å². The van der Waals surface area contributed by atoms with Crippen LogP contribution in [0.2, 0.25) is 0 Å². The number of quaternary nitrogens is 1. The highest BCUT2D eigenvalue weighted by Gasteiger charge is 2.02. The van der Waals surface area contributed by atoms with E-state index in [9.17, 15) is 0 Å². The second-order valence-corrected chi connectivity index (χ2v) is 2.74. The topological polar surface area (TPSA) is 20.2 Å². The highest BCUT2D eigenvalue weighted by Crippen LogP contribution is 1.84. The summed E-state index contributed by atoms with van der Waals surface area (Å²) in [4.78, 5) is 0. The smallest absolute Gasteiger partial charge is 0.101 e. The Morgan fingerprint density at radius 1 is 1.20 bits per heavy atom. The SMILES string of the molecule is C=C.C[N+](C)(C)CCO.[Cl-]. The molecule has 0 unspecified atom stereocenters. The molecule has 0 saturated carbocycles. The number of nitrogens with zero attached hydrogens (tertiary/aromatic N) is 1. The molecule has 10 heavy (non-hydrogen) atoms. The number of likely N-dealkylation sites (N-methyl/N-ethyl adjacent to an activating group) is 1. The molecule has 0 aliphatic carbocycles. The minimum absolute atomic E-state index is 0. The molecule has 0 aliphatic rings. The van der Waals surface area contributed by atoms with Gasteiger partial charge in [0, 0.05) is 0 Å². The van der Waals surface area contributed by atoms with E-state index in [0.29, 0.717) is 0 Å². The fourth-order valence-corrected chi connectivity index (χ4v) is 0.300. The Morgan fingerprint density at radius 2 is 1.50 bits per heavy atom. The Bertz CT molecular complexity index is 61.1. The predicted octanol–water partition coefficient (Wildman–Crippen LogP) is -2.51. The first kappa shape index (κ1) is 16.5. The number of aliphatic hydroxyl groups is 1. The fourth-order valence-electron chi connectivity index (χ4n) is 0.300. The van der Waals surface area contributed by atoms with Crippen LogP contribution in [0.1, 0.15) is 0 Å². The van der Waals surface area contributed by atoms with Gasteiger partial charge in [-0.3, -0.25) is 0 Å². The van der Waals surface area contributed by atoms with Gasteiger partial charge < -0.3 is 22.0 Å². The van der Waals surface area contributed by atoms with Gasteiger partial charge in [-0.1, -0.05) is 0 Å². The van der Waals surface area contributed by atoms with Gasteiger partial charge in [0.1, 0.15) is 6.54 Å². The van der Waals surface area contributed by atoms with Crippen molar-refractivity contribution in [1.82, 2.24) is 0 Å². The van der Waals surface area contributed by atoms with Crippen LogP contribution in [0.25, 0.3) is 0 Å². The van der Waals surface area contributed by atoms with Crippen LogP contribution in [0.3, 0.4) is 0 Å². The zero-order valence-electron chi connectivity index (χ0n) is 7.10. The summed E-state index contributed by atoms with van der Waals surface area (Å²) in [5, 5.41) is 8.39. The van der Waals surface area contributed by atoms with Gasteiger partial charge in [0.15, 0.2) is 0 Å². The number of aliphatic hydroxyl groups excluding tert-OH is 1. The number of halogens is 1. The molecule has 3 heteroatoms. The molecule has 0 aromatic heterocycles. The molecule has 0 rings (SSSR count). The van der Waals surface area contributed by atoms with Crippen molar-refractivity contribution in [3.63, 3.8) is 0 Å². The van der Waals surface area contributed by atoms with Gasteiger partial charge in [0.25, 0.3) is 0 Å². The molecule has 2 nitrogen and oxygen atoms in total. The summed E-state index contributed by atoms with van der Waals surface area (Å²) >= 11 is 0. The molecule has 0 atom stereocenters. The van der Waals surface area contributed by atoms with Crippen LogP contribution in [0.15, 0.2) is 13.2 Å². The van der Waals surface area contributed by atoms with Gasteiger partial charge in [-0.05, 0) is 0 Å². The van der Waals surface area contributed by atoms with Crippen molar-refractivity contribution < 1.29 is 22.0 Å². The van der Waals surface area contributed by atoms with E-state index < -0.39 is 0 Å². The highest BCUT2D eigenvalue weighted by molar-refractivity contribution is 4.22. The summed E-state index contributed by atoms with van der Waals surface area (Å²) in [6, 6.07) is 0. The van der Waals surface area contributed by atoms with E-state index >= 15 is 0 Å². The zero-order valence-corrected chi connectivity index (χ0v) is 7.86. The molecule has 1 N–H and O–H groups in total. The molecular formula is C7H18ClNO. The van der Waals surface area contributed by atoms with E-state index in [1.54, 1.807) is 0 Å². The van der Waals surface area contributed by atoms with E-state index in [1.165, 1.54) is 0 Å². The first-order valence-corrected chi connectivity index (χ1v) is 2.97. The summed E-state index contributed by atoms with van der Waals surface area (Å²) in [6.07, 6.45) is 0. The Hall–Kier alpha value is -0.0500. The maximum atomic E-state index is 8.39. The van der Waals surface area contributed by atoms with Crippen molar-refractivity contribution in [2.45, 2.75) is 0 Å². The van der Waals surface area contributed by atoms with E-state index in [1.807, 2.05) is 0 Å². The lowest BCUT2D eigenvalue weighted by molar-refractivity contribution is -0.870. The lowest BCUT2D eigenvalue weighted by atomic mass is 10.5. The summed E-state index contributed by atoms with van der Waals surface area (Å²) < 4.78 is 0.844. The van der Waals surface area contributed by atoms with Crippen LogP contribution in [0.4, 0.5) is 0 Å². The standard InChI is InChI=1S/C5H14NO.C2H4.ClH/c1-6(2,3)4-5-7;1-2;/h7H,4-5H2,1-3H3;1-2H2;1H/q+1;;/p-1. The van der Waals surface area contributed by atoms with Crippen LogP contribution >= 0.6 is 0 Å². The van der Waals surface area contributed by atoms with Crippen molar-refractivity contribution in [3.05, 3.63) is 13.2 Å². The lowest BCUT2D eigenvalue weighted by Gasteiger charge is -2.21. The van der Waals surface area contributed by atoms with Crippen molar-refractivity contribution in [1.29, 1.82) is 0 Å². The normalized spacial score (nSPS) is 8.80. The maximum Gasteiger partial charge on any atom is 0.101 e. The largest absolute Gasteiger partial charge is 1.00 e. The molecule has 64 valence electrons. The Balaban J connectivity index is -0.000000149. The maximum absolute atomic E-state index is 8.39. The molecule has 0 aliphatic heterocycles. The number of hydrogen-bond donors (Lipinski definition) is 1. The Morgan fingerprint density at radius 3 is 1.50 bits per heavy atom. The third kappa shape index (κ3) is 24.6. The molecular weight excluding hydrogens is 150 g/mol. The molecule has 0 spiro atoms. The highest BCUT2D eigenvalue weighted by atomic mass is 35.5. The van der Waals surface area contributed by atoms with Crippen LogP contribution in [-0.4, -0.2) is 43.9 Å².